The first-order valence-corrected chi connectivity index (χ1v) is 12.5. The minimum Gasteiger partial charge on any atom is -0.445 e. The number of alkyl carbamates (subject to hydrolysis) is 1. The van der Waals surface area contributed by atoms with Crippen LogP contribution in [0.25, 0.3) is 10.9 Å². The van der Waals surface area contributed by atoms with Crippen molar-refractivity contribution in [3.05, 3.63) is 65.4 Å². The van der Waals surface area contributed by atoms with Gasteiger partial charge in [0, 0.05) is 38.0 Å². The summed E-state index contributed by atoms with van der Waals surface area (Å²) in [4.78, 5) is 42.1. The second-order valence-electron chi connectivity index (χ2n) is 9.54. The Bertz CT molecular complexity index is 1250. The number of hydrogen-bond donors (Lipinski definition) is 2. The van der Waals surface area contributed by atoms with Crippen LogP contribution >= 0.6 is 0 Å². The molecule has 0 unspecified atom stereocenters. The summed E-state index contributed by atoms with van der Waals surface area (Å²) < 4.78 is 5.41. The van der Waals surface area contributed by atoms with Crippen LogP contribution in [-0.4, -0.2) is 63.1 Å². The quantitative estimate of drug-likeness (QED) is 0.586. The zero-order valence-corrected chi connectivity index (χ0v) is 20.4. The minimum absolute atomic E-state index is 0.0224. The van der Waals surface area contributed by atoms with Crippen molar-refractivity contribution in [3.63, 3.8) is 0 Å². The molecule has 0 spiro atoms. The van der Waals surface area contributed by atoms with Gasteiger partial charge in [-0.2, -0.15) is 5.10 Å². The molecule has 9 nitrogen and oxygen atoms in total. The molecule has 2 aliphatic rings. The van der Waals surface area contributed by atoms with Crippen molar-refractivity contribution in [1.29, 1.82) is 0 Å². The number of amides is 3. The number of benzene rings is 2. The third-order valence-corrected chi connectivity index (χ3v) is 7.30. The molecule has 1 aromatic heterocycles. The number of carbonyl (C=O) groups excluding carboxylic acids is 3. The number of nitrogens with one attached hydrogen (secondary N) is 2. The third-order valence-electron chi connectivity index (χ3n) is 7.30. The van der Waals surface area contributed by atoms with Gasteiger partial charge in [0.1, 0.15) is 12.6 Å². The van der Waals surface area contributed by atoms with Crippen LogP contribution in [0.5, 0.6) is 0 Å². The molecule has 5 rings (SSSR count). The predicted molar refractivity (Wildman–Crippen MR) is 134 cm³/mol. The number of carbonyl (C=O) groups is 3. The molecule has 9 heteroatoms. The van der Waals surface area contributed by atoms with Crippen LogP contribution in [0.4, 0.5) is 4.79 Å². The Morgan fingerprint density at radius 3 is 2.64 bits per heavy atom. The molecule has 0 radical (unpaired) electrons. The Balaban J connectivity index is 1.37. The topological polar surface area (TPSA) is 108 Å². The number of likely N-dealkylation sites (tertiary alicyclic amines) is 1. The maximum absolute atomic E-state index is 13.9. The summed E-state index contributed by atoms with van der Waals surface area (Å²) in [5.41, 5.74) is 4.06. The molecule has 2 aliphatic heterocycles. The molecule has 2 N–H and O–H groups in total. The number of ether oxygens (including phenoxy) is 1. The van der Waals surface area contributed by atoms with Gasteiger partial charge in [-0.15, -0.1) is 0 Å². The SMILES string of the molecule is CC(=O)N1CCC(N2Cc3c(ccc4[nH]ncc34)CC[C@@H](NC(=O)OCc3ccccc3)C2=O)CC1. The van der Waals surface area contributed by atoms with E-state index in [4.69, 9.17) is 4.74 Å². The van der Waals surface area contributed by atoms with Gasteiger partial charge in [-0.05, 0) is 48.4 Å². The Hall–Kier alpha value is -3.88. The number of H-pyrrole nitrogens is 1. The second kappa shape index (κ2) is 10.4. The molecule has 188 valence electrons. The van der Waals surface area contributed by atoms with E-state index in [9.17, 15) is 14.4 Å². The monoisotopic (exact) mass is 489 g/mol. The van der Waals surface area contributed by atoms with Crippen molar-refractivity contribution in [1.82, 2.24) is 25.3 Å². The third kappa shape index (κ3) is 5.05. The van der Waals surface area contributed by atoms with Crippen LogP contribution in [0.1, 0.15) is 42.9 Å². The molecule has 1 saturated heterocycles. The van der Waals surface area contributed by atoms with E-state index >= 15 is 0 Å². The van der Waals surface area contributed by atoms with Gasteiger partial charge in [-0.25, -0.2) is 4.79 Å². The molecule has 3 amide bonds. The van der Waals surface area contributed by atoms with Crippen molar-refractivity contribution >= 4 is 28.8 Å². The van der Waals surface area contributed by atoms with Crippen LogP contribution in [0.2, 0.25) is 0 Å². The fraction of sp³-hybridized carbons (Fsp3) is 0.407. The molecule has 3 aromatic rings. The van der Waals surface area contributed by atoms with Gasteiger partial charge >= 0.3 is 6.09 Å². The van der Waals surface area contributed by atoms with E-state index in [1.807, 2.05) is 52.4 Å². The zero-order chi connectivity index (χ0) is 25.1. The summed E-state index contributed by atoms with van der Waals surface area (Å²) in [5, 5.41) is 11.1. The molecule has 1 fully saturated rings. The average molecular weight is 490 g/mol. The van der Waals surface area contributed by atoms with Crippen molar-refractivity contribution in [2.45, 2.75) is 57.8 Å². The van der Waals surface area contributed by atoms with Gasteiger partial charge in [-0.3, -0.25) is 14.7 Å². The summed E-state index contributed by atoms with van der Waals surface area (Å²) in [6, 6.07) is 12.8. The number of aryl methyl sites for hydroxylation is 1. The highest BCUT2D eigenvalue weighted by Gasteiger charge is 2.35. The highest BCUT2D eigenvalue weighted by Crippen LogP contribution is 2.29. The minimum atomic E-state index is -0.688. The molecular formula is C27H31N5O4. The Labute approximate surface area is 209 Å². The number of piperidine rings is 1. The molecule has 0 saturated carbocycles. The van der Waals surface area contributed by atoms with Gasteiger partial charge in [0.25, 0.3) is 0 Å². The fourth-order valence-electron chi connectivity index (χ4n) is 5.26. The van der Waals surface area contributed by atoms with Crippen LogP contribution in [0.15, 0.2) is 48.7 Å². The van der Waals surface area contributed by atoms with Crippen molar-refractivity contribution in [2.24, 2.45) is 0 Å². The maximum atomic E-state index is 13.9. The standard InChI is InChI=1S/C27H31N5O4/c1-18(33)31-13-11-21(12-14-31)32-16-23-20(7-9-24-22(23)15-28-30-24)8-10-25(26(32)34)29-27(35)36-17-19-5-3-2-4-6-19/h2-7,9,15,21,25H,8,10-14,16-17H2,1H3,(H,28,30)(H,29,35)/t25-/m1/s1. The summed E-state index contributed by atoms with van der Waals surface area (Å²) in [6.45, 7) is 3.39. The molecule has 36 heavy (non-hydrogen) atoms. The predicted octanol–water partition coefficient (Wildman–Crippen LogP) is 3.14. The first-order chi connectivity index (χ1) is 17.5. The Kier molecular flexibility index (Phi) is 6.88. The molecule has 2 aromatic carbocycles. The van der Waals surface area contributed by atoms with E-state index in [0.29, 0.717) is 45.3 Å². The summed E-state index contributed by atoms with van der Waals surface area (Å²) >= 11 is 0. The zero-order valence-electron chi connectivity index (χ0n) is 20.4. The number of aromatic amines is 1. The Morgan fingerprint density at radius 2 is 1.89 bits per heavy atom. The van der Waals surface area contributed by atoms with E-state index in [1.165, 1.54) is 0 Å². The van der Waals surface area contributed by atoms with Gasteiger partial charge < -0.3 is 19.9 Å². The molecule has 3 heterocycles. The first kappa shape index (κ1) is 23.8. The first-order valence-electron chi connectivity index (χ1n) is 12.5. The average Bonchev–Trinajstić information content (AvgIpc) is 3.37. The van der Waals surface area contributed by atoms with E-state index in [0.717, 1.165) is 27.6 Å². The number of rotatable bonds is 4. The summed E-state index contributed by atoms with van der Waals surface area (Å²) in [7, 11) is 0. The van der Waals surface area contributed by atoms with Crippen molar-refractivity contribution < 1.29 is 19.1 Å². The van der Waals surface area contributed by atoms with E-state index < -0.39 is 12.1 Å². The number of hydrogen-bond acceptors (Lipinski definition) is 5. The summed E-state index contributed by atoms with van der Waals surface area (Å²) in [6.07, 6.45) is 3.74. The fourth-order valence-corrected chi connectivity index (χ4v) is 5.26. The van der Waals surface area contributed by atoms with E-state index in [2.05, 4.69) is 21.6 Å². The van der Waals surface area contributed by atoms with Crippen molar-refractivity contribution in [3.8, 4) is 0 Å². The lowest BCUT2D eigenvalue weighted by Crippen LogP contribution is -2.55. The highest BCUT2D eigenvalue weighted by molar-refractivity contribution is 5.88. The smallest absolute Gasteiger partial charge is 0.408 e. The Morgan fingerprint density at radius 1 is 1.11 bits per heavy atom. The largest absolute Gasteiger partial charge is 0.445 e. The number of aromatic nitrogens is 2. The molecular weight excluding hydrogens is 458 g/mol. The lowest BCUT2D eigenvalue weighted by atomic mass is 9.92. The number of nitrogens with zero attached hydrogens (tertiary/aromatic N) is 3. The van der Waals surface area contributed by atoms with E-state index in [-0.39, 0.29) is 24.5 Å². The highest BCUT2D eigenvalue weighted by atomic mass is 16.5. The van der Waals surface area contributed by atoms with Crippen molar-refractivity contribution in [2.75, 3.05) is 13.1 Å². The molecule has 1 atom stereocenters. The lowest BCUT2D eigenvalue weighted by molar-refractivity contribution is -0.139. The number of fused-ring (bicyclic) bond motifs is 3. The molecule has 0 bridgehead atoms. The van der Waals surface area contributed by atoms with Crippen LogP contribution in [0, 0.1) is 0 Å². The second-order valence-corrected chi connectivity index (χ2v) is 9.54. The van der Waals surface area contributed by atoms with Crippen LogP contribution < -0.4 is 5.32 Å². The lowest BCUT2D eigenvalue weighted by Gasteiger charge is -2.41. The maximum Gasteiger partial charge on any atom is 0.408 e. The molecule has 0 aliphatic carbocycles. The van der Waals surface area contributed by atoms with Gasteiger partial charge in [0.15, 0.2) is 0 Å². The van der Waals surface area contributed by atoms with Crippen LogP contribution in [-0.2, 0) is 33.9 Å². The van der Waals surface area contributed by atoms with Gasteiger partial charge in [-0.1, -0.05) is 36.4 Å². The summed E-state index contributed by atoms with van der Waals surface area (Å²) in [5.74, 6) is -0.0577. The van der Waals surface area contributed by atoms with E-state index in [1.54, 1.807) is 6.92 Å². The van der Waals surface area contributed by atoms with Gasteiger partial charge in [0.2, 0.25) is 11.8 Å². The van der Waals surface area contributed by atoms with Crippen LogP contribution in [0.3, 0.4) is 0 Å². The normalized spacial score (nSPS) is 18.9. The van der Waals surface area contributed by atoms with Gasteiger partial charge in [0.05, 0.1) is 11.7 Å².